The highest BCUT2D eigenvalue weighted by atomic mass is 16.6. The molecule has 0 unspecified atom stereocenters. The van der Waals surface area contributed by atoms with Crippen LogP contribution >= 0.6 is 0 Å². The van der Waals surface area contributed by atoms with Crippen molar-refractivity contribution in [3.05, 3.63) is 0 Å². The smallest absolute Gasteiger partial charge is 0.332 e. The lowest BCUT2D eigenvalue weighted by molar-refractivity contribution is -0.155. The van der Waals surface area contributed by atoms with Crippen LogP contribution in [0.1, 0.15) is 26.7 Å². The van der Waals surface area contributed by atoms with Crippen molar-refractivity contribution in [3.8, 4) is 0 Å². The van der Waals surface area contributed by atoms with E-state index in [-0.39, 0.29) is 24.8 Å². The van der Waals surface area contributed by atoms with Gasteiger partial charge in [-0.15, -0.1) is 0 Å². The molecule has 1 fully saturated rings. The lowest BCUT2D eigenvalue weighted by Gasteiger charge is -2.22. The second-order valence-corrected chi connectivity index (χ2v) is 3.80. The van der Waals surface area contributed by atoms with Gasteiger partial charge in [-0.2, -0.15) is 0 Å². The predicted molar refractivity (Wildman–Crippen MR) is 53.1 cm³/mol. The highest BCUT2D eigenvalue weighted by Crippen LogP contribution is 2.07. The summed E-state index contributed by atoms with van der Waals surface area (Å²) in [6.07, 6.45) is 2.12. The summed E-state index contributed by atoms with van der Waals surface area (Å²) in [5, 5.41) is 3.24. The first-order chi connectivity index (χ1) is 6.68. The molecule has 4 heteroatoms. The largest absolute Gasteiger partial charge is 0.461 e. The molecule has 0 amide bonds. The molecule has 0 aromatic heterocycles. The van der Waals surface area contributed by atoms with Crippen LogP contribution in [0.5, 0.6) is 0 Å². The van der Waals surface area contributed by atoms with Crippen molar-refractivity contribution < 1.29 is 14.3 Å². The van der Waals surface area contributed by atoms with Crippen LogP contribution in [0, 0.1) is 0 Å². The van der Waals surface area contributed by atoms with Crippen LogP contribution in [0.15, 0.2) is 0 Å². The Morgan fingerprint density at radius 2 is 2.07 bits per heavy atom. The van der Waals surface area contributed by atoms with Crippen LogP contribution in [0.4, 0.5) is 0 Å². The van der Waals surface area contributed by atoms with Crippen molar-refractivity contribution >= 4 is 5.97 Å². The Morgan fingerprint density at radius 1 is 1.43 bits per heavy atom. The summed E-state index contributed by atoms with van der Waals surface area (Å²) in [7, 11) is 0. The third-order valence-corrected chi connectivity index (χ3v) is 2.09. The zero-order valence-corrected chi connectivity index (χ0v) is 8.91. The monoisotopic (exact) mass is 201 g/mol. The molecule has 0 radical (unpaired) electrons. The maximum absolute atomic E-state index is 11.1. The predicted octanol–water partition coefficient (Wildman–Crippen LogP) is 0.707. The van der Waals surface area contributed by atoms with Gasteiger partial charge < -0.3 is 14.8 Å². The van der Waals surface area contributed by atoms with E-state index in [1.807, 2.05) is 13.8 Å². The molecule has 0 atom stereocenters. The fourth-order valence-corrected chi connectivity index (χ4v) is 1.44. The van der Waals surface area contributed by atoms with Crippen molar-refractivity contribution in [1.82, 2.24) is 5.32 Å². The summed E-state index contributed by atoms with van der Waals surface area (Å²) < 4.78 is 10.4. The Labute approximate surface area is 85.0 Å². The number of nitrogens with one attached hydrogen (secondary N) is 1. The maximum Gasteiger partial charge on any atom is 0.332 e. The summed E-state index contributed by atoms with van der Waals surface area (Å²) >= 11 is 0. The molecular weight excluding hydrogens is 182 g/mol. The molecule has 1 aliphatic rings. The minimum Gasteiger partial charge on any atom is -0.461 e. The van der Waals surface area contributed by atoms with Gasteiger partial charge in [0, 0.05) is 0 Å². The number of carbonyl (C=O) groups excluding carboxylic acids is 1. The Balaban J connectivity index is 2.09. The molecule has 1 rings (SSSR count). The van der Waals surface area contributed by atoms with Gasteiger partial charge in [-0.25, -0.2) is 4.79 Å². The van der Waals surface area contributed by atoms with E-state index in [4.69, 9.17) is 9.47 Å². The maximum atomic E-state index is 11.1. The Hall–Kier alpha value is -0.610. The molecule has 1 saturated heterocycles. The third-order valence-electron chi connectivity index (χ3n) is 2.09. The third kappa shape index (κ3) is 4.58. The number of esters is 1. The molecule has 82 valence electrons. The SMILES string of the molecule is CC(C)OC(=O)COC1CCNCC1. The summed E-state index contributed by atoms with van der Waals surface area (Å²) in [6, 6.07) is 0. The van der Waals surface area contributed by atoms with Gasteiger partial charge in [0.25, 0.3) is 0 Å². The first-order valence-electron chi connectivity index (χ1n) is 5.20. The molecule has 1 N–H and O–H groups in total. The summed E-state index contributed by atoms with van der Waals surface area (Å²) in [5.74, 6) is -0.265. The minimum atomic E-state index is -0.265. The van der Waals surface area contributed by atoms with Crippen LogP contribution < -0.4 is 5.32 Å². The number of hydrogen-bond acceptors (Lipinski definition) is 4. The normalized spacial score (nSPS) is 18.5. The molecule has 1 heterocycles. The molecule has 0 bridgehead atoms. The second-order valence-electron chi connectivity index (χ2n) is 3.80. The fourth-order valence-electron chi connectivity index (χ4n) is 1.44. The Kier molecular flexibility index (Phi) is 4.90. The lowest BCUT2D eigenvalue weighted by atomic mass is 10.1. The lowest BCUT2D eigenvalue weighted by Crippen LogP contribution is -2.33. The van der Waals surface area contributed by atoms with Crippen molar-refractivity contribution in [1.29, 1.82) is 0 Å². The van der Waals surface area contributed by atoms with E-state index in [0.29, 0.717) is 0 Å². The van der Waals surface area contributed by atoms with Crippen molar-refractivity contribution in [2.45, 2.75) is 38.9 Å². The quantitative estimate of drug-likeness (QED) is 0.680. The topological polar surface area (TPSA) is 47.6 Å². The zero-order chi connectivity index (χ0) is 10.4. The van der Waals surface area contributed by atoms with Gasteiger partial charge in [0.1, 0.15) is 6.61 Å². The van der Waals surface area contributed by atoms with E-state index in [0.717, 1.165) is 25.9 Å². The second kappa shape index (κ2) is 5.98. The number of carbonyl (C=O) groups is 1. The molecule has 0 aromatic rings. The molecule has 4 nitrogen and oxygen atoms in total. The van der Waals surface area contributed by atoms with Gasteiger partial charge in [-0.1, -0.05) is 0 Å². The van der Waals surface area contributed by atoms with Crippen molar-refractivity contribution in [2.24, 2.45) is 0 Å². The van der Waals surface area contributed by atoms with Crippen molar-refractivity contribution in [2.75, 3.05) is 19.7 Å². The van der Waals surface area contributed by atoms with Crippen LogP contribution in [-0.2, 0) is 14.3 Å². The first-order valence-corrected chi connectivity index (χ1v) is 5.20. The van der Waals surface area contributed by atoms with E-state index in [2.05, 4.69) is 5.32 Å². The van der Waals surface area contributed by atoms with Gasteiger partial charge in [0.2, 0.25) is 0 Å². The number of piperidine rings is 1. The molecule has 14 heavy (non-hydrogen) atoms. The summed E-state index contributed by atoms with van der Waals surface area (Å²) in [6.45, 7) is 5.71. The fraction of sp³-hybridized carbons (Fsp3) is 0.900. The molecule has 0 aliphatic carbocycles. The van der Waals surface area contributed by atoms with E-state index in [1.54, 1.807) is 0 Å². The standard InChI is InChI=1S/C10H19NO3/c1-8(2)14-10(12)7-13-9-3-5-11-6-4-9/h8-9,11H,3-7H2,1-2H3. The van der Waals surface area contributed by atoms with E-state index in [9.17, 15) is 4.79 Å². The highest BCUT2D eigenvalue weighted by molar-refractivity contribution is 5.70. The van der Waals surface area contributed by atoms with Gasteiger partial charge in [0.15, 0.2) is 0 Å². The van der Waals surface area contributed by atoms with E-state index < -0.39 is 0 Å². The first kappa shape index (κ1) is 11.5. The van der Waals surface area contributed by atoms with E-state index >= 15 is 0 Å². The van der Waals surface area contributed by atoms with Gasteiger partial charge in [0.05, 0.1) is 12.2 Å². The average Bonchev–Trinajstić information content (AvgIpc) is 2.15. The van der Waals surface area contributed by atoms with Crippen molar-refractivity contribution in [3.63, 3.8) is 0 Å². The van der Waals surface area contributed by atoms with Crippen LogP contribution in [0.3, 0.4) is 0 Å². The summed E-state index contributed by atoms with van der Waals surface area (Å²) in [4.78, 5) is 11.1. The molecule has 1 aliphatic heterocycles. The van der Waals surface area contributed by atoms with Crippen LogP contribution in [0.2, 0.25) is 0 Å². The minimum absolute atomic E-state index is 0.0564. The van der Waals surface area contributed by atoms with Gasteiger partial charge >= 0.3 is 5.97 Å². The molecule has 0 saturated carbocycles. The highest BCUT2D eigenvalue weighted by Gasteiger charge is 2.15. The van der Waals surface area contributed by atoms with Gasteiger partial charge in [-0.3, -0.25) is 0 Å². The number of rotatable bonds is 4. The number of hydrogen-bond donors (Lipinski definition) is 1. The van der Waals surface area contributed by atoms with Gasteiger partial charge in [-0.05, 0) is 39.8 Å². The summed E-state index contributed by atoms with van der Waals surface area (Å²) in [5.41, 5.74) is 0. The number of ether oxygens (including phenoxy) is 2. The van der Waals surface area contributed by atoms with E-state index in [1.165, 1.54) is 0 Å². The van der Waals surface area contributed by atoms with Crippen LogP contribution in [-0.4, -0.2) is 37.9 Å². The Morgan fingerprint density at radius 3 is 2.64 bits per heavy atom. The van der Waals surface area contributed by atoms with Crippen LogP contribution in [0.25, 0.3) is 0 Å². The zero-order valence-electron chi connectivity index (χ0n) is 8.91. The molecular formula is C10H19NO3. The molecule has 0 aromatic carbocycles. The average molecular weight is 201 g/mol. The Bertz CT molecular complexity index is 176. The molecule has 0 spiro atoms.